The van der Waals surface area contributed by atoms with Crippen LogP contribution in [0.4, 0.5) is 4.39 Å². The van der Waals surface area contributed by atoms with Gasteiger partial charge in [-0.15, -0.1) is 11.3 Å². The van der Waals surface area contributed by atoms with Crippen molar-refractivity contribution in [2.45, 2.75) is 73.5 Å². The smallest absolute Gasteiger partial charge is 0.242 e. The van der Waals surface area contributed by atoms with Crippen molar-refractivity contribution in [2.24, 2.45) is 5.41 Å². The van der Waals surface area contributed by atoms with E-state index in [-0.39, 0.29) is 29.6 Å². The molecule has 4 nitrogen and oxygen atoms in total. The minimum Gasteiger partial charge on any atom is -0.332 e. The number of rotatable bonds is 7. The number of thiophene rings is 1. The summed E-state index contributed by atoms with van der Waals surface area (Å²) in [5.74, 6) is -0.447. The van der Waals surface area contributed by atoms with Gasteiger partial charge in [-0.2, -0.15) is 0 Å². The molecule has 0 unspecified atom stereocenters. The molecular weight excluding hydrogens is 411 g/mol. The topological polar surface area (TPSA) is 40.6 Å². The second kappa shape index (κ2) is 9.94. The van der Waals surface area contributed by atoms with Crippen LogP contribution in [0.15, 0.2) is 36.4 Å². The van der Waals surface area contributed by atoms with E-state index in [2.05, 4.69) is 0 Å². The van der Waals surface area contributed by atoms with Crippen LogP contribution in [0.3, 0.4) is 0 Å². The first-order valence-corrected chi connectivity index (χ1v) is 11.4. The number of carbonyl (C=O) groups is 2. The van der Waals surface area contributed by atoms with Crippen molar-refractivity contribution in [3.63, 3.8) is 0 Å². The summed E-state index contributed by atoms with van der Waals surface area (Å²) < 4.78 is 13.3. The highest BCUT2D eigenvalue weighted by molar-refractivity contribution is 7.11. The van der Waals surface area contributed by atoms with Crippen LogP contribution < -0.4 is 0 Å². The van der Waals surface area contributed by atoms with Crippen LogP contribution in [-0.4, -0.2) is 33.7 Å². The molecule has 2 amide bonds. The Morgan fingerprint density at radius 3 is 2.00 bits per heavy atom. The second-order valence-electron chi connectivity index (χ2n) is 10.3. The maximum atomic E-state index is 13.4. The quantitative estimate of drug-likeness (QED) is 0.540. The van der Waals surface area contributed by atoms with Crippen LogP contribution in [0.2, 0.25) is 0 Å². The Labute approximate surface area is 190 Å². The average Bonchev–Trinajstić information content (AvgIpc) is 3.03. The SMILES string of the molecule is Cc1ccc(CN(Cc2ccc(F)cc2)C(=O)CN(C(=O)CC(C)(C)C)C(C)(C)C)s1. The van der Waals surface area contributed by atoms with Crippen molar-refractivity contribution in [1.82, 2.24) is 9.80 Å². The summed E-state index contributed by atoms with van der Waals surface area (Å²) in [4.78, 5) is 32.1. The van der Waals surface area contributed by atoms with E-state index in [1.54, 1.807) is 33.3 Å². The molecule has 1 aromatic carbocycles. The van der Waals surface area contributed by atoms with Crippen molar-refractivity contribution in [3.05, 3.63) is 57.5 Å². The molecule has 0 spiro atoms. The summed E-state index contributed by atoms with van der Waals surface area (Å²) in [6, 6.07) is 10.3. The lowest BCUT2D eigenvalue weighted by Gasteiger charge is -2.38. The Hall–Kier alpha value is -2.21. The van der Waals surface area contributed by atoms with E-state index in [4.69, 9.17) is 0 Å². The largest absolute Gasteiger partial charge is 0.332 e. The van der Waals surface area contributed by atoms with Gasteiger partial charge in [-0.3, -0.25) is 9.59 Å². The zero-order chi connectivity index (χ0) is 23.4. The molecule has 1 aromatic heterocycles. The molecule has 1 heterocycles. The summed E-state index contributed by atoms with van der Waals surface area (Å²) in [6.07, 6.45) is 0.375. The van der Waals surface area contributed by atoms with Gasteiger partial charge in [0.05, 0.1) is 6.54 Å². The fraction of sp³-hybridized carbons (Fsp3) is 0.520. The number of aryl methyl sites for hydroxylation is 1. The summed E-state index contributed by atoms with van der Waals surface area (Å²) in [7, 11) is 0. The molecule has 0 radical (unpaired) electrons. The van der Waals surface area contributed by atoms with Crippen molar-refractivity contribution in [2.75, 3.05) is 6.54 Å². The first-order chi connectivity index (χ1) is 14.2. The standard InChI is InChI=1S/C25H35FN2O2S/c1-18-8-13-21(31-18)16-27(15-19-9-11-20(26)12-10-19)23(30)17-28(25(5,6)7)22(29)14-24(2,3)4/h8-13H,14-17H2,1-7H3. The van der Waals surface area contributed by atoms with E-state index in [9.17, 15) is 14.0 Å². The lowest BCUT2D eigenvalue weighted by molar-refractivity contribution is -0.146. The van der Waals surface area contributed by atoms with Crippen LogP contribution in [-0.2, 0) is 22.7 Å². The molecule has 0 N–H and O–H groups in total. The van der Waals surface area contributed by atoms with Crippen LogP contribution in [0.5, 0.6) is 0 Å². The van der Waals surface area contributed by atoms with Gasteiger partial charge in [-0.1, -0.05) is 32.9 Å². The van der Waals surface area contributed by atoms with Gasteiger partial charge in [0.15, 0.2) is 0 Å². The number of hydrogen-bond acceptors (Lipinski definition) is 3. The number of amides is 2. The normalized spacial score (nSPS) is 12.0. The molecular formula is C25H35FN2O2S. The minimum absolute atomic E-state index is 0.0178. The number of hydrogen-bond donors (Lipinski definition) is 0. The molecule has 0 saturated heterocycles. The molecule has 31 heavy (non-hydrogen) atoms. The van der Waals surface area contributed by atoms with Crippen LogP contribution in [0.1, 0.15) is 63.3 Å². The van der Waals surface area contributed by atoms with Crippen molar-refractivity contribution in [1.29, 1.82) is 0 Å². The monoisotopic (exact) mass is 446 g/mol. The Kier molecular flexibility index (Phi) is 8.04. The second-order valence-corrected chi connectivity index (χ2v) is 11.6. The Balaban J connectivity index is 2.26. The predicted molar refractivity (Wildman–Crippen MR) is 125 cm³/mol. The third-order valence-electron chi connectivity index (χ3n) is 4.87. The first kappa shape index (κ1) is 25.1. The van der Waals surface area contributed by atoms with Gasteiger partial charge in [-0.25, -0.2) is 4.39 Å². The number of halogens is 1. The first-order valence-electron chi connectivity index (χ1n) is 10.6. The molecule has 0 fully saturated rings. The van der Waals surface area contributed by atoms with Crippen molar-refractivity contribution in [3.8, 4) is 0 Å². The molecule has 170 valence electrons. The Bertz CT molecular complexity index is 891. The molecule has 0 aliphatic heterocycles. The summed E-state index contributed by atoms with van der Waals surface area (Å²) in [6.45, 7) is 14.8. The molecule has 2 rings (SSSR count). The number of nitrogens with zero attached hydrogens (tertiary/aromatic N) is 2. The van der Waals surface area contributed by atoms with Crippen molar-refractivity contribution >= 4 is 23.2 Å². The minimum atomic E-state index is -0.473. The van der Waals surface area contributed by atoms with E-state index in [0.29, 0.717) is 19.5 Å². The van der Waals surface area contributed by atoms with Crippen LogP contribution in [0.25, 0.3) is 0 Å². The lowest BCUT2D eigenvalue weighted by atomic mass is 9.90. The third kappa shape index (κ3) is 8.09. The molecule has 0 aliphatic rings. The van der Waals surface area contributed by atoms with Gasteiger partial charge in [0.1, 0.15) is 12.4 Å². The summed E-state index contributed by atoms with van der Waals surface area (Å²) in [5, 5.41) is 0. The summed E-state index contributed by atoms with van der Waals surface area (Å²) >= 11 is 1.65. The van der Waals surface area contributed by atoms with E-state index in [1.165, 1.54) is 17.0 Å². The van der Waals surface area contributed by atoms with Crippen molar-refractivity contribution < 1.29 is 14.0 Å². The fourth-order valence-electron chi connectivity index (χ4n) is 3.28. The fourth-order valence-corrected chi connectivity index (χ4v) is 4.19. The van der Waals surface area contributed by atoms with Gasteiger partial charge >= 0.3 is 0 Å². The highest BCUT2D eigenvalue weighted by Gasteiger charge is 2.32. The maximum absolute atomic E-state index is 13.4. The Morgan fingerprint density at radius 2 is 1.52 bits per heavy atom. The predicted octanol–water partition coefficient (Wildman–Crippen LogP) is 5.79. The zero-order valence-electron chi connectivity index (χ0n) is 19.8. The van der Waals surface area contributed by atoms with E-state index in [0.717, 1.165) is 10.4 Å². The van der Waals surface area contributed by atoms with Gasteiger partial charge in [0.2, 0.25) is 11.8 Å². The third-order valence-corrected chi connectivity index (χ3v) is 5.85. The zero-order valence-corrected chi connectivity index (χ0v) is 20.6. The Morgan fingerprint density at radius 1 is 0.903 bits per heavy atom. The van der Waals surface area contributed by atoms with Crippen LogP contribution >= 0.6 is 11.3 Å². The molecule has 0 bridgehead atoms. The van der Waals surface area contributed by atoms with Crippen LogP contribution in [0, 0.1) is 18.2 Å². The van der Waals surface area contributed by atoms with E-state index in [1.807, 2.05) is 60.6 Å². The lowest BCUT2D eigenvalue weighted by Crippen LogP contribution is -2.51. The molecule has 0 atom stereocenters. The molecule has 0 aliphatic carbocycles. The number of carbonyl (C=O) groups excluding carboxylic acids is 2. The molecule has 2 aromatic rings. The number of benzene rings is 1. The van der Waals surface area contributed by atoms with Gasteiger partial charge in [0.25, 0.3) is 0 Å². The highest BCUT2D eigenvalue weighted by Crippen LogP contribution is 2.25. The van der Waals surface area contributed by atoms with Gasteiger partial charge in [0, 0.05) is 28.3 Å². The maximum Gasteiger partial charge on any atom is 0.242 e. The van der Waals surface area contributed by atoms with E-state index >= 15 is 0 Å². The van der Waals surface area contributed by atoms with E-state index < -0.39 is 5.54 Å². The molecule has 0 saturated carbocycles. The molecule has 6 heteroatoms. The highest BCUT2D eigenvalue weighted by atomic mass is 32.1. The summed E-state index contributed by atoms with van der Waals surface area (Å²) in [5.41, 5.74) is 0.219. The average molecular weight is 447 g/mol. The van der Waals surface area contributed by atoms with Gasteiger partial charge < -0.3 is 9.80 Å². The van der Waals surface area contributed by atoms with Gasteiger partial charge in [-0.05, 0) is 62.9 Å².